The SMILES string of the molecule is COc1ccc(C(C)C)cc1-c1ccc(C(F)(F)F)cc1CN1C(=O)OC(c2cc(C(F)(F)F)cc(C(F)(F)F)c2)[C@@H]1C. The van der Waals surface area contributed by atoms with Crippen LogP contribution < -0.4 is 4.74 Å². The molecule has 1 saturated heterocycles. The molecule has 1 aliphatic heterocycles. The van der Waals surface area contributed by atoms with Crippen molar-refractivity contribution in [2.45, 2.75) is 63.9 Å². The van der Waals surface area contributed by atoms with Gasteiger partial charge >= 0.3 is 24.6 Å². The largest absolute Gasteiger partial charge is 0.496 e. The number of nitrogens with zero attached hydrogens (tertiary/aromatic N) is 1. The minimum absolute atomic E-state index is 0.0125. The highest BCUT2D eigenvalue weighted by Gasteiger charge is 2.43. The molecule has 3 aromatic carbocycles. The summed E-state index contributed by atoms with van der Waals surface area (Å²) in [6.45, 7) is 4.67. The highest BCUT2D eigenvalue weighted by molar-refractivity contribution is 5.76. The smallest absolute Gasteiger partial charge is 0.416 e. The fourth-order valence-corrected chi connectivity index (χ4v) is 4.95. The van der Waals surface area contributed by atoms with E-state index in [0.717, 1.165) is 22.6 Å². The molecule has 0 bridgehead atoms. The van der Waals surface area contributed by atoms with Crippen molar-refractivity contribution >= 4 is 6.09 Å². The first-order valence-electron chi connectivity index (χ1n) is 13.0. The van der Waals surface area contributed by atoms with Gasteiger partial charge in [0.15, 0.2) is 0 Å². The molecular formula is C30H26F9NO3. The number of rotatable bonds is 6. The number of carbonyl (C=O) groups excluding carboxylic acids is 1. The first-order chi connectivity index (χ1) is 19.8. The first kappa shape index (κ1) is 32.0. The van der Waals surface area contributed by atoms with E-state index in [1.54, 1.807) is 18.2 Å². The number of hydrogen-bond acceptors (Lipinski definition) is 3. The minimum atomic E-state index is -5.13. The zero-order chi connectivity index (χ0) is 32.1. The summed E-state index contributed by atoms with van der Waals surface area (Å²) in [4.78, 5) is 13.9. The maximum atomic E-state index is 13.7. The Morgan fingerprint density at radius 2 is 1.37 bits per heavy atom. The molecule has 4 rings (SSSR count). The van der Waals surface area contributed by atoms with Crippen LogP contribution >= 0.6 is 0 Å². The number of ether oxygens (including phenoxy) is 2. The van der Waals surface area contributed by atoms with Gasteiger partial charge in [-0.2, -0.15) is 39.5 Å². The Morgan fingerprint density at radius 1 is 0.791 bits per heavy atom. The third-order valence-corrected chi connectivity index (χ3v) is 7.28. The molecule has 1 unspecified atom stereocenters. The van der Waals surface area contributed by atoms with Crippen molar-refractivity contribution in [3.05, 3.63) is 88.0 Å². The predicted molar refractivity (Wildman–Crippen MR) is 138 cm³/mol. The fraction of sp³-hybridized carbons (Fsp3) is 0.367. The van der Waals surface area contributed by atoms with Gasteiger partial charge in [0, 0.05) is 5.56 Å². The van der Waals surface area contributed by atoms with Crippen LogP contribution in [0.3, 0.4) is 0 Å². The van der Waals surface area contributed by atoms with E-state index in [9.17, 15) is 44.3 Å². The molecular weight excluding hydrogens is 593 g/mol. The Kier molecular flexibility index (Phi) is 8.42. The van der Waals surface area contributed by atoms with Gasteiger partial charge in [0.1, 0.15) is 11.9 Å². The quantitative estimate of drug-likeness (QED) is 0.258. The topological polar surface area (TPSA) is 38.8 Å². The zero-order valence-corrected chi connectivity index (χ0v) is 23.2. The van der Waals surface area contributed by atoms with Crippen LogP contribution in [0.2, 0.25) is 0 Å². The van der Waals surface area contributed by atoms with E-state index < -0.39 is 65.6 Å². The van der Waals surface area contributed by atoms with Crippen molar-refractivity contribution in [1.82, 2.24) is 4.90 Å². The number of amides is 1. The maximum absolute atomic E-state index is 13.7. The predicted octanol–water partition coefficient (Wildman–Crippen LogP) is 9.62. The molecule has 1 aliphatic rings. The van der Waals surface area contributed by atoms with E-state index in [0.29, 0.717) is 23.4 Å². The molecule has 1 amide bonds. The van der Waals surface area contributed by atoms with Gasteiger partial charge in [0.05, 0.1) is 36.4 Å². The van der Waals surface area contributed by atoms with Gasteiger partial charge in [-0.05, 0) is 77.6 Å². The van der Waals surface area contributed by atoms with Gasteiger partial charge in [-0.25, -0.2) is 4.79 Å². The van der Waals surface area contributed by atoms with Crippen LogP contribution in [-0.2, 0) is 29.8 Å². The number of cyclic esters (lactones) is 1. The Labute approximate surface area is 241 Å². The molecule has 13 heteroatoms. The lowest BCUT2D eigenvalue weighted by Gasteiger charge is -2.24. The van der Waals surface area contributed by atoms with Gasteiger partial charge < -0.3 is 9.47 Å². The summed E-state index contributed by atoms with van der Waals surface area (Å²) in [5, 5.41) is 0. The molecule has 4 nitrogen and oxygen atoms in total. The molecule has 0 spiro atoms. The average Bonchev–Trinajstić information content (AvgIpc) is 3.19. The van der Waals surface area contributed by atoms with Crippen LogP contribution in [0.5, 0.6) is 5.75 Å². The number of halogens is 9. The summed E-state index contributed by atoms with van der Waals surface area (Å²) in [7, 11) is 1.38. The minimum Gasteiger partial charge on any atom is -0.496 e. The van der Waals surface area contributed by atoms with E-state index in [1.165, 1.54) is 20.1 Å². The van der Waals surface area contributed by atoms with Crippen LogP contribution in [0, 0.1) is 0 Å². The summed E-state index contributed by atoms with van der Waals surface area (Å²) in [5.74, 6) is 0.384. The summed E-state index contributed by atoms with van der Waals surface area (Å²) in [6, 6.07) is 7.87. The van der Waals surface area contributed by atoms with E-state index in [1.807, 2.05) is 13.8 Å². The number of methoxy groups -OCH3 is 1. The van der Waals surface area contributed by atoms with Crippen LogP contribution in [0.4, 0.5) is 44.3 Å². The molecule has 0 aromatic heterocycles. The lowest BCUT2D eigenvalue weighted by molar-refractivity contribution is -0.143. The van der Waals surface area contributed by atoms with E-state index in [2.05, 4.69) is 0 Å². The van der Waals surface area contributed by atoms with Gasteiger partial charge in [0.2, 0.25) is 0 Å². The van der Waals surface area contributed by atoms with Crippen LogP contribution in [0.15, 0.2) is 54.6 Å². The fourth-order valence-electron chi connectivity index (χ4n) is 4.95. The lowest BCUT2D eigenvalue weighted by atomic mass is 9.92. The van der Waals surface area contributed by atoms with Gasteiger partial charge in [0.25, 0.3) is 0 Å². The summed E-state index contributed by atoms with van der Waals surface area (Å²) < 4.78 is 133. The molecule has 1 fully saturated rings. The molecule has 2 atom stereocenters. The normalized spacial score (nSPS) is 17.9. The summed E-state index contributed by atoms with van der Waals surface area (Å²) >= 11 is 0. The second kappa shape index (κ2) is 11.3. The lowest BCUT2D eigenvalue weighted by Crippen LogP contribution is -2.32. The second-order valence-electron chi connectivity index (χ2n) is 10.5. The average molecular weight is 620 g/mol. The van der Waals surface area contributed by atoms with Crippen molar-refractivity contribution < 1.29 is 53.8 Å². The maximum Gasteiger partial charge on any atom is 0.416 e. The van der Waals surface area contributed by atoms with E-state index >= 15 is 0 Å². The molecule has 1 heterocycles. The second-order valence-corrected chi connectivity index (χ2v) is 10.5. The molecule has 232 valence electrons. The number of alkyl halides is 9. The molecule has 0 saturated carbocycles. The van der Waals surface area contributed by atoms with E-state index in [-0.39, 0.29) is 23.1 Å². The van der Waals surface area contributed by atoms with Crippen LogP contribution in [0.1, 0.15) is 66.2 Å². The summed E-state index contributed by atoms with van der Waals surface area (Å²) in [5.41, 5.74) is -3.17. The van der Waals surface area contributed by atoms with Crippen LogP contribution in [-0.4, -0.2) is 24.1 Å². The van der Waals surface area contributed by atoms with Gasteiger partial charge in [-0.3, -0.25) is 4.90 Å². The van der Waals surface area contributed by atoms with Crippen molar-refractivity contribution in [2.24, 2.45) is 0 Å². The summed E-state index contributed by atoms with van der Waals surface area (Å²) in [6.07, 6.45) is -17.7. The van der Waals surface area contributed by atoms with Crippen molar-refractivity contribution in [2.75, 3.05) is 7.11 Å². The van der Waals surface area contributed by atoms with Crippen molar-refractivity contribution in [3.8, 4) is 16.9 Å². The standard InChI is InChI=1S/C30H26F9NO3/c1-15(2)17-5-8-25(42-4)24(12-17)23-7-6-20(28(31,32)33)11-19(23)14-40-16(3)26(43-27(40)41)18-9-21(29(34,35)36)13-22(10-18)30(37,38)39/h5-13,15-16,26H,14H2,1-4H3/t16-,26?/m0/s1. The number of hydrogen-bond donors (Lipinski definition) is 0. The Hall–Kier alpha value is -3.90. The van der Waals surface area contributed by atoms with Gasteiger partial charge in [-0.1, -0.05) is 26.0 Å². The highest BCUT2D eigenvalue weighted by atomic mass is 19.4. The number of benzene rings is 3. The third-order valence-electron chi connectivity index (χ3n) is 7.28. The molecule has 43 heavy (non-hydrogen) atoms. The van der Waals surface area contributed by atoms with Crippen LogP contribution in [0.25, 0.3) is 11.1 Å². The third kappa shape index (κ3) is 6.70. The molecule has 0 radical (unpaired) electrons. The Bertz CT molecular complexity index is 1480. The Balaban J connectivity index is 1.80. The van der Waals surface area contributed by atoms with Crippen molar-refractivity contribution in [3.63, 3.8) is 0 Å². The molecule has 3 aromatic rings. The van der Waals surface area contributed by atoms with Gasteiger partial charge in [-0.15, -0.1) is 0 Å². The Morgan fingerprint density at radius 3 is 1.88 bits per heavy atom. The molecule has 0 aliphatic carbocycles. The monoisotopic (exact) mass is 619 g/mol. The highest BCUT2D eigenvalue weighted by Crippen LogP contribution is 2.43. The zero-order valence-electron chi connectivity index (χ0n) is 23.2. The number of carbonyl (C=O) groups is 1. The van der Waals surface area contributed by atoms with E-state index in [4.69, 9.17) is 9.47 Å². The molecule has 0 N–H and O–H groups in total. The van der Waals surface area contributed by atoms with Crippen molar-refractivity contribution in [1.29, 1.82) is 0 Å². The first-order valence-corrected chi connectivity index (χ1v) is 13.0.